The Bertz CT molecular complexity index is 91.6. The summed E-state index contributed by atoms with van der Waals surface area (Å²) < 4.78 is 21.1. The average Bonchev–Trinajstić information content (AvgIpc) is 2.06. The molecule has 0 saturated carbocycles. The second-order valence-corrected chi connectivity index (χ2v) is 2.62. The molecule has 1 saturated heterocycles. The molecular weight excluding hydrogens is 160 g/mol. The predicted octanol–water partition coefficient (Wildman–Crippen LogP) is 0.758. The van der Waals surface area contributed by atoms with Gasteiger partial charge in [-0.3, -0.25) is 0 Å². The Morgan fingerprint density at radius 1 is 0.667 bits per heavy atom. The quantitative estimate of drug-likeness (QED) is 0.546. The molecule has 0 amide bonds. The number of ether oxygens (including phenoxy) is 4. The van der Waals surface area contributed by atoms with E-state index in [1.807, 2.05) is 13.8 Å². The maximum atomic E-state index is 5.26. The van der Waals surface area contributed by atoms with Crippen molar-refractivity contribution >= 4 is 0 Å². The van der Waals surface area contributed by atoms with E-state index >= 15 is 0 Å². The van der Waals surface area contributed by atoms with E-state index in [4.69, 9.17) is 18.9 Å². The van der Waals surface area contributed by atoms with Crippen molar-refractivity contribution in [3.05, 3.63) is 0 Å². The highest BCUT2D eigenvalue weighted by molar-refractivity contribution is 4.40. The van der Waals surface area contributed by atoms with Gasteiger partial charge in [0, 0.05) is 0 Å². The van der Waals surface area contributed by atoms with Gasteiger partial charge in [0.2, 0.25) is 0 Å². The van der Waals surface area contributed by atoms with Gasteiger partial charge in [-0.2, -0.15) is 0 Å². The molecule has 72 valence electrons. The molecule has 1 heterocycles. The predicted molar refractivity (Wildman–Crippen MR) is 42.7 cm³/mol. The molecule has 0 unspecified atom stereocenters. The first kappa shape index (κ1) is 9.92. The zero-order valence-corrected chi connectivity index (χ0v) is 7.62. The molecule has 0 aliphatic carbocycles. The van der Waals surface area contributed by atoms with E-state index in [-0.39, 0.29) is 12.6 Å². The van der Waals surface area contributed by atoms with Crippen LogP contribution in [-0.2, 0) is 18.9 Å². The van der Waals surface area contributed by atoms with Gasteiger partial charge in [0.1, 0.15) is 0 Å². The molecule has 1 aliphatic rings. The zero-order chi connectivity index (χ0) is 8.81. The SMILES string of the molecule is CC1OCCOC(C)OCCO1. The molecule has 12 heavy (non-hydrogen) atoms. The van der Waals surface area contributed by atoms with Crippen molar-refractivity contribution in [3.63, 3.8) is 0 Å². The van der Waals surface area contributed by atoms with Gasteiger partial charge in [0.05, 0.1) is 26.4 Å². The summed E-state index contributed by atoms with van der Waals surface area (Å²) in [6.07, 6.45) is -0.323. The van der Waals surface area contributed by atoms with E-state index in [9.17, 15) is 0 Å². The zero-order valence-electron chi connectivity index (χ0n) is 7.62. The van der Waals surface area contributed by atoms with Gasteiger partial charge in [-0.05, 0) is 13.8 Å². The van der Waals surface area contributed by atoms with Crippen LogP contribution in [0.3, 0.4) is 0 Å². The molecule has 0 aromatic rings. The highest BCUT2D eigenvalue weighted by atomic mass is 16.7. The first-order valence-corrected chi connectivity index (χ1v) is 4.25. The minimum atomic E-state index is -0.161. The fourth-order valence-corrected chi connectivity index (χ4v) is 0.953. The lowest BCUT2D eigenvalue weighted by molar-refractivity contribution is -0.204. The smallest absolute Gasteiger partial charge is 0.155 e. The van der Waals surface area contributed by atoms with Gasteiger partial charge < -0.3 is 18.9 Å². The summed E-state index contributed by atoms with van der Waals surface area (Å²) in [6.45, 7) is 5.93. The van der Waals surface area contributed by atoms with Crippen LogP contribution in [0.15, 0.2) is 0 Å². The monoisotopic (exact) mass is 176 g/mol. The van der Waals surface area contributed by atoms with Crippen molar-refractivity contribution in [2.45, 2.75) is 26.4 Å². The van der Waals surface area contributed by atoms with E-state index in [1.165, 1.54) is 0 Å². The first-order chi connectivity index (χ1) is 5.79. The normalized spacial score (nSPS) is 34.5. The van der Waals surface area contributed by atoms with E-state index in [0.717, 1.165) is 0 Å². The van der Waals surface area contributed by atoms with Crippen LogP contribution in [0.1, 0.15) is 13.8 Å². The summed E-state index contributed by atoms with van der Waals surface area (Å²) in [5.41, 5.74) is 0. The molecule has 0 N–H and O–H groups in total. The molecule has 0 radical (unpaired) electrons. The topological polar surface area (TPSA) is 36.9 Å². The van der Waals surface area contributed by atoms with Crippen molar-refractivity contribution in [2.75, 3.05) is 26.4 Å². The second kappa shape index (κ2) is 5.48. The van der Waals surface area contributed by atoms with Crippen molar-refractivity contribution in [3.8, 4) is 0 Å². The van der Waals surface area contributed by atoms with Crippen LogP contribution >= 0.6 is 0 Å². The van der Waals surface area contributed by atoms with E-state index < -0.39 is 0 Å². The largest absolute Gasteiger partial charge is 0.351 e. The fraction of sp³-hybridized carbons (Fsp3) is 1.00. The van der Waals surface area contributed by atoms with E-state index in [1.54, 1.807) is 0 Å². The molecule has 1 rings (SSSR count). The van der Waals surface area contributed by atoms with E-state index in [0.29, 0.717) is 26.4 Å². The molecule has 0 aromatic carbocycles. The third-order valence-corrected chi connectivity index (χ3v) is 1.58. The first-order valence-electron chi connectivity index (χ1n) is 4.25. The molecule has 0 aromatic heterocycles. The Balaban J connectivity index is 2.20. The van der Waals surface area contributed by atoms with Gasteiger partial charge in [0.25, 0.3) is 0 Å². The third-order valence-electron chi connectivity index (χ3n) is 1.58. The molecule has 1 fully saturated rings. The van der Waals surface area contributed by atoms with Gasteiger partial charge in [-0.25, -0.2) is 0 Å². The lowest BCUT2D eigenvalue weighted by atomic mass is 10.6. The van der Waals surface area contributed by atoms with Crippen molar-refractivity contribution in [1.29, 1.82) is 0 Å². The van der Waals surface area contributed by atoms with Crippen LogP contribution in [0.5, 0.6) is 0 Å². The fourth-order valence-electron chi connectivity index (χ4n) is 0.953. The van der Waals surface area contributed by atoms with Gasteiger partial charge >= 0.3 is 0 Å². The number of rotatable bonds is 0. The lowest BCUT2D eigenvalue weighted by Crippen LogP contribution is -2.25. The summed E-state index contributed by atoms with van der Waals surface area (Å²) in [5, 5.41) is 0. The molecule has 4 nitrogen and oxygen atoms in total. The van der Waals surface area contributed by atoms with Gasteiger partial charge in [-0.1, -0.05) is 0 Å². The van der Waals surface area contributed by atoms with Crippen LogP contribution in [0.2, 0.25) is 0 Å². The van der Waals surface area contributed by atoms with Crippen LogP contribution in [0.25, 0.3) is 0 Å². The van der Waals surface area contributed by atoms with Crippen molar-refractivity contribution in [1.82, 2.24) is 0 Å². The molecule has 0 spiro atoms. The number of hydrogen-bond acceptors (Lipinski definition) is 4. The Morgan fingerprint density at radius 3 is 1.17 bits per heavy atom. The Labute approximate surface area is 72.7 Å². The molecule has 0 atom stereocenters. The second-order valence-electron chi connectivity index (χ2n) is 2.62. The average molecular weight is 176 g/mol. The number of hydrogen-bond donors (Lipinski definition) is 0. The van der Waals surface area contributed by atoms with Crippen molar-refractivity contribution < 1.29 is 18.9 Å². The molecule has 0 bridgehead atoms. The Morgan fingerprint density at radius 2 is 0.917 bits per heavy atom. The molecule has 4 heteroatoms. The lowest BCUT2D eigenvalue weighted by Gasteiger charge is -2.19. The Kier molecular flexibility index (Phi) is 4.53. The third kappa shape index (κ3) is 4.01. The highest BCUT2D eigenvalue weighted by Crippen LogP contribution is 1.99. The van der Waals surface area contributed by atoms with Crippen molar-refractivity contribution in [2.24, 2.45) is 0 Å². The maximum absolute atomic E-state index is 5.26. The Hall–Kier alpha value is -0.160. The van der Waals surface area contributed by atoms with E-state index in [2.05, 4.69) is 0 Å². The maximum Gasteiger partial charge on any atom is 0.155 e. The standard InChI is InChI=1S/C8H16O4/c1-7-9-3-5-11-8(2)12-6-4-10-7/h7-8H,3-6H2,1-2H3. The van der Waals surface area contributed by atoms with Crippen LogP contribution in [0, 0.1) is 0 Å². The summed E-state index contributed by atoms with van der Waals surface area (Å²) >= 11 is 0. The van der Waals surface area contributed by atoms with Crippen LogP contribution in [0.4, 0.5) is 0 Å². The minimum Gasteiger partial charge on any atom is -0.351 e. The summed E-state index contributed by atoms with van der Waals surface area (Å²) in [6, 6.07) is 0. The van der Waals surface area contributed by atoms with Crippen LogP contribution in [-0.4, -0.2) is 39.0 Å². The summed E-state index contributed by atoms with van der Waals surface area (Å²) in [5.74, 6) is 0. The summed E-state index contributed by atoms with van der Waals surface area (Å²) in [7, 11) is 0. The highest BCUT2D eigenvalue weighted by Gasteiger charge is 2.07. The summed E-state index contributed by atoms with van der Waals surface area (Å²) in [4.78, 5) is 0. The van der Waals surface area contributed by atoms with Gasteiger partial charge in [0.15, 0.2) is 12.6 Å². The minimum absolute atomic E-state index is 0.161. The van der Waals surface area contributed by atoms with Crippen LogP contribution < -0.4 is 0 Å². The molecule has 1 aliphatic heterocycles. The van der Waals surface area contributed by atoms with Gasteiger partial charge in [-0.15, -0.1) is 0 Å². The molecular formula is C8H16O4.